The minimum absolute atomic E-state index is 0.269. The number of nitrogens with one attached hydrogen (secondary N) is 2. The Morgan fingerprint density at radius 1 is 1.32 bits per heavy atom. The monoisotopic (exact) mass is 429 g/mol. The van der Waals surface area contributed by atoms with Gasteiger partial charge in [0.15, 0.2) is 5.58 Å². The van der Waals surface area contributed by atoms with Gasteiger partial charge in [0.05, 0.1) is 4.91 Å². The summed E-state index contributed by atoms with van der Waals surface area (Å²) in [6.07, 6.45) is 4.64. The zero-order chi connectivity index (χ0) is 19.7. The Hall–Kier alpha value is -2.68. The quantitative estimate of drug-likeness (QED) is 0.483. The van der Waals surface area contributed by atoms with Gasteiger partial charge in [-0.3, -0.25) is 14.6 Å². The maximum absolute atomic E-state index is 12.6. The minimum atomic E-state index is -0.309. The van der Waals surface area contributed by atoms with E-state index >= 15 is 0 Å². The molecule has 3 aromatic rings. The van der Waals surface area contributed by atoms with Crippen molar-refractivity contribution >= 4 is 68.8 Å². The summed E-state index contributed by atoms with van der Waals surface area (Å²) in [4.78, 5) is 29.0. The number of amides is 2. The molecular weight excluding hydrogens is 418 g/mol. The SMILES string of the molecule is O=C1NC(=S)S/C1=C/c1cc2cncc(C(=O)NCc3ccc(Cl)cc3)c2o1. The number of aromatic nitrogens is 1. The van der Waals surface area contributed by atoms with E-state index in [0.29, 0.717) is 43.1 Å². The number of hydrogen-bond donors (Lipinski definition) is 2. The van der Waals surface area contributed by atoms with Crippen LogP contribution in [0.25, 0.3) is 17.0 Å². The Kier molecular flexibility index (Phi) is 5.17. The van der Waals surface area contributed by atoms with Crippen LogP contribution in [-0.2, 0) is 11.3 Å². The lowest BCUT2D eigenvalue weighted by Gasteiger charge is -2.05. The van der Waals surface area contributed by atoms with Crippen molar-refractivity contribution in [3.8, 4) is 0 Å². The molecule has 4 rings (SSSR count). The van der Waals surface area contributed by atoms with Crippen LogP contribution in [0.4, 0.5) is 0 Å². The summed E-state index contributed by atoms with van der Waals surface area (Å²) in [6.45, 7) is 0.345. The van der Waals surface area contributed by atoms with Gasteiger partial charge in [0.25, 0.3) is 11.8 Å². The molecule has 0 atom stereocenters. The first-order chi connectivity index (χ1) is 13.5. The van der Waals surface area contributed by atoms with Gasteiger partial charge in [-0.2, -0.15) is 0 Å². The van der Waals surface area contributed by atoms with E-state index < -0.39 is 0 Å². The molecule has 2 aromatic heterocycles. The van der Waals surface area contributed by atoms with E-state index in [-0.39, 0.29) is 11.8 Å². The Morgan fingerprint density at radius 2 is 2.11 bits per heavy atom. The van der Waals surface area contributed by atoms with Crippen molar-refractivity contribution in [3.05, 3.63) is 69.5 Å². The molecule has 3 heterocycles. The Labute approximate surface area is 174 Å². The van der Waals surface area contributed by atoms with E-state index in [0.717, 1.165) is 17.3 Å². The molecule has 28 heavy (non-hydrogen) atoms. The minimum Gasteiger partial charge on any atom is -0.456 e. The van der Waals surface area contributed by atoms with Gasteiger partial charge in [0.1, 0.15) is 15.6 Å². The number of fused-ring (bicyclic) bond motifs is 1. The molecule has 1 aliphatic heterocycles. The lowest BCUT2D eigenvalue weighted by molar-refractivity contribution is -0.115. The molecule has 0 bridgehead atoms. The summed E-state index contributed by atoms with van der Waals surface area (Å²) in [5.41, 5.74) is 1.64. The Balaban J connectivity index is 1.57. The third-order valence-electron chi connectivity index (χ3n) is 3.97. The fraction of sp³-hybridized carbons (Fsp3) is 0.0526. The van der Waals surface area contributed by atoms with Gasteiger partial charge in [0, 0.05) is 35.4 Å². The van der Waals surface area contributed by atoms with E-state index in [4.69, 9.17) is 28.2 Å². The van der Waals surface area contributed by atoms with Gasteiger partial charge in [-0.05, 0) is 23.8 Å². The van der Waals surface area contributed by atoms with Gasteiger partial charge >= 0.3 is 0 Å². The molecule has 2 N–H and O–H groups in total. The van der Waals surface area contributed by atoms with E-state index in [2.05, 4.69) is 15.6 Å². The normalized spacial score (nSPS) is 15.2. The molecule has 9 heteroatoms. The highest BCUT2D eigenvalue weighted by Gasteiger charge is 2.23. The molecule has 0 radical (unpaired) electrons. The van der Waals surface area contributed by atoms with Crippen molar-refractivity contribution in [1.82, 2.24) is 15.6 Å². The van der Waals surface area contributed by atoms with Crippen LogP contribution in [0.2, 0.25) is 5.02 Å². The summed E-state index contributed by atoms with van der Waals surface area (Å²) in [6, 6.07) is 8.93. The molecule has 6 nitrogen and oxygen atoms in total. The number of hydrogen-bond acceptors (Lipinski definition) is 6. The fourth-order valence-corrected chi connectivity index (χ4v) is 3.80. The second-order valence-corrected chi connectivity index (χ2v) is 8.07. The maximum Gasteiger partial charge on any atom is 0.263 e. The number of carbonyl (C=O) groups excluding carboxylic acids is 2. The van der Waals surface area contributed by atoms with E-state index in [9.17, 15) is 9.59 Å². The summed E-state index contributed by atoms with van der Waals surface area (Å²) in [5, 5.41) is 6.69. The van der Waals surface area contributed by atoms with Crippen LogP contribution in [0.1, 0.15) is 21.7 Å². The van der Waals surface area contributed by atoms with Crippen LogP contribution in [0.5, 0.6) is 0 Å². The van der Waals surface area contributed by atoms with E-state index in [1.54, 1.807) is 30.5 Å². The second kappa shape index (κ2) is 7.75. The lowest BCUT2D eigenvalue weighted by atomic mass is 10.2. The molecule has 2 amide bonds. The molecular formula is C19H12ClN3O3S2. The van der Waals surface area contributed by atoms with Gasteiger partial charge in [0.2, 0.25) is 0 Å². The first kappa shape index (κ1) is 18.7. The molecule has 0 saturated carbocycles. The molecule has 1 aliphatic rings. The van der Waals surface area contributed by atoms with E-state index in [1.165, 1.54) is 6.20 Å². The third-order valence-corrected chi connectivity index (χ3v) is 5.38. The molecule has 0 spiro atoms. The van der Waals surface area contributed by atoms with Gasteiger partial charge in [-0.15, -0.1) is 0 Å². The first-order valence-corrected chi connectivity index (χ1v) is 9.75. The number of carbonyl (C=O) groups is 2. The highest BCUT2D eigenvalue weighted by atomic mass is 35.5. The fourth-order valence-electron chi connectivity index (χ4n) is 2.65. The molecule has 140 valence electrons. The number of benzene rings is 1. The maximum atomic E-state index is 12.6. The van der Waals surface area contributed by atoms with Crippen LogP contribution in [0.15, 0.2) is 52.0 Å². The second-order valence-electron chi connectivity index (χ2n) is 5.92. The molecule has 1 saturated heterocycles. The summed E-state index contributed by atoms with van der Waals surface area (Å²) in [7, 11) is 0. The van der Waals surface area contributed by atoms with E-state index in [1.807, 2.05) is 12.1 Å². The number of pyridine rings is 1. The number of furan rings is 1. The zero-order valence-electron chi connectivity index (χ0n) is 14.2. The number of thioether (sulfide) groups is 1. The number of nitrogens with zero attached hydrogens (tertiary/aromatic N) is 1. The average molecular weight is 430 g/mol. The average Bonchev–Trinajstić information content (AvgIpc) is 3.22. The highest BCUT2D eigenvalue weighted by Crippen LogP contribution is 2.29. The van der Waals surface area contributed by atoms with Crippen molar-refractivity contribution in [1.29, 1.82) is 0 Å². The molecule has 0 unspecified atom stereocenters. The summed E-state index contributed by atoms with van der Waals surface area (Å²) >= 11 is 12.0. The van der Waals surface area contributed by atoms with Crippen molar-refractivity contribution in [2.45, 2.75) is 6.54 Å². The van der Waals surface area contributed by atoms with Crippen LogP contribution in [-0.4, -0.2) is 21.1 Å². The molecule has 1 fully saturated rings. The van der Waals surface area contributed by atoms with Crippen molar-refractivity contribution < 1.29 is 14.0 Å². The smallest absolute Gasteiger partial charge is 0.263 e. The van der Waals surface area contributed by atoms with Crippen LogP contribution >= 0.6 is 35.6 Å². The first-order valence-electron chi connectivity index (χ1n) is 8.14. The highest BCUT2D eigenvalue weighted by molar-refractivity contribution is 8.26. The lowest BCUT2D eigenvalue weighted by Crippen LogP contribution is -2.23. The van der Waals surface area contributed by atoms with Crippen LogP contribution in [0.3, 0.4) is 0 Å². The largest absolute Gasteiger partial charge is 0.456 e. The third kappa shape index (κ3) is 3.94. The molecule has 0 aliphatic carbocycles. The van der Waals surface area contributed by atoms with Crippen molar-refractivity contribution in [3.63, 3.8) is 0 Å². The van der Waals surface area contributed by atoms with Crippen molar-refractivity contribution in [2.75, 3.05) is 0 Å². The molecule has 1 aromatic carbocycles. The topological polar surface area (TPSA) is 84.2 Å². The number of rotatable bonds is 4. The van der Waals surface area contributed by atoms with Crippen LogP contribution < -0.4 is 10.6 Å². The predicted octanol–water partition coefficient (Wildman–Crippen LogP) is 3.90. The van der Waals surface area contributed by atoms with Crippen molar-refractivity contribution in [2.24, 2.45) is 0 Å². The number of thiocarbonyl (C=S) groups is 1. The predicted molar refractivity (Wildman–Crippen MR) is 113 cm³/mol. The standard InChI is InChI=1S/C19H12ClN3O3S2/c20-12-3-1-10(2-4-12)7-22-17(24)14-9-21-8-11-5-13(26-16(11)14)6-15-18(25)23-19(27)28-15/h1-6,8-9H,7H2,(H,22,24)(H,23,25,27)/b15-6+. The van der Waals surface area contributed by atoms with Crippen LogP contribution in [0, 0.1) is 0 Å². The number of halogens is 1. The van der Waals surface area contributed by atoms with Gasteiger partial charge in [-0.25, -0.2) is 0 Å². The Morgan fingerprint density at radius 3 is 2.82 bits per heavy atom. The van der Waals surface area contributed by atoms with Gasteiger partial charge < -0.3 is 15.1 Å². The Bertz CT molecular complexity index is 1140. The summed E-state index contributed by atoms with van der Waals surface area (Å²) in [5.74, 6) is -0.137. The van der Waals surface area contributed by atoms with Gasteiger partial charge in [-0.1, -0.05) is 47.7 Å². The zero-order valence-corrected chi connectivity index (χ0v) is 16.6. The summed E-state index contributed by atoms with van der Waals surface area (Å²) < 4.78 is 6.20.